The van der Waals surface area contributed by atoms with E-state index in [-0.39, 0.29) is 41.1 Å². The van der Waals surface area contributed by atoms with E-state index in [1.54, 1.807) is 24.5 Å². The van der Waals surface area contributed by atoms with E-state index in [1.165, 1.54) is 30.0 Å². The van der Waals surface area contributed by atoms with E-state index in [0.29, 0.717) is 25.3 Å². The molecule has 4 fully saturated rings. The molecule has 5 aliphatic rings. The molecule has 0 aromatic carbocycles. The Bertz CT molecular complexity index is 1220. The Morgan fingerprint density at radius 3 is 2.79 bits per heavy atom. The van der Waals surface area contributed by atoms with Crippen LogP contribution in [0, 0.1) is 28.6 Å². The van der Waals surface area contributed by atoms with Crippen molar-refractivity contribution in [2.45, 2.75) is 83.0 Å². The van der Waals surface area contributed by atoms with Crippen LogP contribution in [0.25, 0.3) is 0 Å². The van der Waals surface area contributed by atoms with Crippen LogP contribution in [-0.2, 0) is 21.0 Å². The van der Waals surface area contributed by atoms with Crippen LogP contribution in [0.3, 0.4) is 0 Å². The lowest BCUT2D eigenvalue weighted by Gasteiger charge is -2.63. The minimum absolute atomic E-state index is 0.0163. The van der Waals surface area contributed by atoms with E-state index in [1.807, 2.05) is 13.0 Å². The maximum Gasteiger partial charge on any atom is 0.223 e. The molecular weight excluding hydrogens is 524 g/mol. The van der Waals surface area contributed by atoms with Gasteiger partial charge in [0.05, 0.1) is 25.2 Å². The zero-order valence-electron chi connectivity index (χ0n) is 22.7. The summed E-state index contributed by atoms with van der Waals surface area (Å²) in [5, 5.41) is 13.4. The molecule has 9 atom stereocenters. The molecule has 9 heteroatoms. The summed E-state index contributed by atoms with van der Waals surface area (Å²) in [7, 11) is 0. The summed E-state index contributed by atoms with van der Waals surface area (Å²) in [5.41, 5.74) is -4.73. The van der Waals surface area contributed by atoms with Gasteiger partial charge in [-0.3, -0.25) is 14.4 Å². The number of fused-ring (bicyclic) bond motifs is 7. The molecule has 39 heavy (non-hydrogen) atoms. The molecule has 1 N–H and O–H groups in total. The van der Waals surface area contributed by atoms with Gasteiger partial charge in [0.1, 0.15) is 6.17 Å². The molecular formula is C30H37F2NO5S. The van der Waals surface area contributed by atoms with E-state index in [0.717, 1.165) is 18.4 Å². The number of hydrogen-bond donors (Lipinski definition) is 1. The van der Waals surface area contributed by atoms with Crippen molar-refractivity contribution in [3.8, 4) is 0 Å². The molecule has 0 radical (unpaired) electrons. The summed E-state index contributed by atoms with van der Waals surface area (Å²) in [6.45, 7) is 6.55. The lowest BCUT2D eigenvalue weighted by Crippen LogP contribution is -2.70. The first-order valence-electron chi connectivity index (χ1n) is 14.1. The Hall–Kier alpha value is -1.81. The molecule has 0 unspecified atom stereocenters. The Kier molecular flexibility index (Phi) is 6.57. The normalized spacial score (nSPS) is 44.9. The number of carbonyl (C=O) groups excluding carboxylic acids is 2. The molecule has 0 amide bonds. The molecule has 212 valence electrons. The molecule has 1 saturated heterocycles. The zero-order valence-corrected chi connectivity index (χ0v) is 23.5. The van der Waals surface area contributed by atoms with Gasteiger partial charge in [-0.15, -0.1) is 0 Å². The number of alkyl halides is 2. The molecule has 3 saturated carbocycles. The van der Waals surface area contributed by atoms with Crippen molar-refractivity contribution in [3.63, 3.8) is 0 Å². The lowest BCUT2D eigenvalue weighted by molar-refractivity contribution is -0.266. The topological polar surface area (TPSA) is 80.0 Å². The first-order valence-corrected chi connectivity index (χ1v) is 15.1. The first kappa shape index (κ1) is 27.4. The number of aliphatic hydroxyl groups is 1. The molecule has 4 aliphatic carbocycles. The van der Waals surface area contributed by atoms with Crippen LogP contribution >= 0.6 is 11.8 Å². The van der Waals surface area contributed by atoms with Crippen LogP contribution in [0.2, 0.25) is 0 Å². The number of aliphatic hydroxyl groups excluding tert-OH is 1. The third-order valence-corrected chi connectivity index (χ3v) is 11.7. The second-order valence-electron chi connectivity index (χ2n) is 12.6. The van der Waals surface area contributed by atoms with Crippen molar-refractivity contribution in [1.29, 1.82) is 0 Å². The number of rotatable bonds is 6. The SMILES string of the molecule is CCCCSC(=O)[C@@]12ON(Cc3ccoc3)C[C@@H]1C[C@H]1[C@@H]3C[C@H](F)C4=CC(=O)C=C[C@]4(C)[C@@]3(F)[C@@H](O)C[C@@]12C. The van der Waals surface area contributed by atoms with Crippen molar-refractivity contribution in [1.82, 2.24) is 5.06 Å². The molecule has 1 aliphatic heterocycles. The smallest absolute Gasteiger partial charge is 0.223 e. The van der Waals surface area contributed by atoms with E-state index in [9.17, 15) is 14.7 Å². The van der Waals surface area contributed by atoms with Gasteiger partial charge in [-0.2, -0.15) is 5.06 Å². The van der Waals surface area contributed by atoms with Gasteiger partial charge in [0.25, 0.3) is 0 Å². The minimum atomic E-state index is -2.17. The number of unbranched alkanes of at least 4 members (excludes halogenated alkanes) is 1. The van der Waals surface area contributed by atoms with Crippen LogP contribution in [0.15, 0.2) is 46.8 Å². The lowest BCUT2D eigenvalue weighted by atomic mass is 9.44. The van der Waals surface area contributed by atoms with E-state index in [4.69, 9.17) is 9.25 Å². The standard InChI is InChI=1S/C30H37F2NO5S/c1-4-5-10-39-26(36)30-19(16-33(38-30)15-18-7-9-37-17-18)11-21-22-13-24(31)23-12-20(34)6-8-27(23,2)29(22,32)25(35)14-28(21,30)3/h6-9,12,17,19,21-22,24-25,35H,4-5,10-11,13-16H2,1-3H3/t19-,21-,22-,24-,25-,27-,28-,29-,30-/m0/s1. The fraction of sp³-hybridized carbons (Fsp3) is 0.667. The van der Waals surface area contributed by atoms with Gasteiger partial charge < -0.3 is 9.52 Å². The number of thioether (sulfide) groups is 1. The average Bonchev–Trinajstić information content (AvgIpc) is 3.58. The van der Waals surface area contributed by atoms with Crippen molar-refractivity contribution in [2.24, 2.45) is 28.6 Å². The van der Waals surface area contributed by atoms with Gasteiger partial charge in [-0.1, -0.05) is 38.1 Å². The summed E-state index contributed by atoms with van der Waals surface area (Å²) < 4.78 is 38.6. The highest BCUT2D eigenvalue weighted by Gasteiger charge is 2.79. The molecule has 6 rings (SSSR count). The second-order valence-corrected chi connectivity index (χ2v) is 13.6. The number of carbonyl (C=O) groups is 2. The van der Waals surface area contributed by atoms with Crippen LogP contribution < -0.4 is 0 Å². The molecule has 2 heterocycles. The number of nitrogens with zero attached hydrogens (tertiary/aromatic N) is 1. The average molecular weight is 562 g/mol. The van der Waals surface area contributed by atoms with Crippen LogP contribution in [0.5, 0.6) is 0 Å². The maximum absolute atomic E-state index is 17.5. The van der Waals surface area contributed by atoms with Crippen molar-refractivity contribution in [3.05, 3.63) is 48.0 Å². The van der Waals surface area contributed by atoms with Crippen molar-refractivity contribution >= 4 is 22.7 Å². The van der Waals surface area contributed by atoms with Crippen molar-refractivity contribution in [2.75, 3.05) is 12.3 Å². The fourth-order valence-electron chi connectivity index (χ4n) is 8.76. The predicted octanol–water partition coefficient (Wildman–Crippen LogP) is 5.37. The number of allylic oxidation sites excluding steroid dienone is 4. The summed E-state index contributed by atoms with van der Waals surface area (Å²) >= 11 is 1.26. The second kappa shape index (κ2) is 9.36. The Balaban J connectivity index is 1.40. The molecule has 0 bridgehead atoms. The third kappa shape index (κ3) is 3.61. The van der Waals surface area contributed by atoms with E-state index >= 15 is 8.78 Å². The monoisotopic (exact) mass is 561 g/mol. The minimum Gasteiger partial charge on any atom is -0.472 e. The molecule has 6 nitrogen and oxygen atoms in total. The van der Waals surface area contributed by atoms with Gasteiger partial charge in [-0.25, -0.2) is 8.78 Å². The predicted molar refractivity (Wildman–Crippen MR) is 143 cm³/mol. The number of halogens is 2. The Labute approximate surface area is 232 Å². The Morgan fingerprint density at radius 2 is 2.08 bits per heavy atom. The quantitative estimate of drug-likeness (QED) is 0.468. The highest BCUT2D eigenvalue weighted by molar-refractivity contribution is 8.13. The van der Waals surface area contributed by atoms with Crippen LogP contribution in [-0.4, -0.2) is 56.9 Å². The van der Waals surface area contributed by atoms with Gasteiger partial charge in [0, 0.05) is 40.5 Å². The highest BCUT2D eigenvalue weighted by atomic mass is 32.2. The number of hydroxylamine groups is 2. The summed E-state index contributed by atoms with van der Waals surface area (Å²) in [6, 6.07) is 1.85. The van der Waals surface area contributed by atoms with E-state index in [2.05, 4.69) is 6.92 Å². The molecule has 0 spiro atoms. The van der Waals surface area contributed by atoms with Gasteiger partial charge in [0.2, 0.25) is 5.12 Å². The van der Waals surface area contributed by atoms with Crippen LogP contribution in [0.4, 0.5) is 8.78 Å². The van der Waals surface area contributed by atoms with Crippen molar-refractivity contribution < 1.29 is 32.7 Å². The van der Waals surface area contributed by atoms with Gasteiger partial charge in [-0.05, 0) is 62.3 Å². The molecule has 1 aromatic heterocycles. The number of ketones is 1. The summed E-state index contributed by atoms with van der Waals surface area (Å²) in [4.78, 5) is 32.9. The highest BCUT2D eigenvalue weighted by Crippen LogP contribution is 2.73. The molecule has 1 aromatic rings. The largest absolute Gasteiger partial charge is 0.472 e. The third-order valence-electron chi connectivity index (χ3n) is 10.7. The van der Waals surface area contributed by atoms with Gasteiger partial charge in [0.15, 0.2) is 17.1 Å². The van der Waals surface area contributed by atoms with E-state index < -0.39 is 40.3 Å². The fourth-order valence-corrected chi connectivity index (χ4v) is 10.0. The summed E-state index contributed by atoms with van der Waals surface area (Å²) in [5.74, 6) is -1.13. The number of furan rings is 1. The maximum atomic E-state index is 17.5. The first-order chi connectivity index (χ1) is 18.5. The van der Waals surface area contributed by atoms with Crippen LogP contribution in [0.1, 0.15) is 58.4 Å². The Morgan fingerprint density at radius 1 is 1.28 bits per heavy atom. The number of hydrogen-bond acceptors (Lipinski definition) is 7. The summed E-state index contributed by atoms with van der Waals surface area (Å²) in [6.07, 6.45) is 6.46. The van der Waals surface area contributed by atoms with Gasteiger partial charge >= 0.3 is 0 Å². The zero-order chi connectivity index (χ0) is 27.8.